The van der Waals surface area contributed by atoms with Crippen LogP contribution in [0.15, 0.2) is 46.3 Å². The number of anilines is 1. The molecule has 0 spiro atoms. The van der Waals surface area contributed by atoms with Crippen molar-refractivity contribution in [2.24, 2.45) is 0 Å². The third-order valence-corrected chi connectivity index (χ3v) is 8.12. The molecule has 174 valence electrons. The Morgan fingerprint density at radius 1 is 1.19 bits per heavy atom. The fraction of sp³-hybridized carbons (Fsp3) is 0.368. The number of hydrogen-bond donors (Lipinski definition) is 2. The number of hydrogen-bond acceptors (Lipinski definition) is 9. The van der Waals surface area contributed by atoms with Gasteiger partial charge < -0.3 is 14.8 Å². The van der Waals surface area contributed by atoms with Crippen LogP contribution in [0.5, 0.6) is 0 Å². The van der Waals surface area contributed by atoms with Crippen molar-refractivity contribution in [2.45, 2.75) is 16.3 Å². The summed E-state index contributed by atoms with van der Waals surface area (Å²) in [5, 5.41) is 2.94. The summed E-state index contributed by atoms with van der Waals surface area (Å²) in [6.45, 7) is 0.975. The lowest BCUT2D eigenvalue weighted by molar-refractivity contribution is 0.0600. The minimum absolute atomic E-state index is 0.00741. The highest BCUT2D eigenvalue weighted by Gasteiger charge is 2.30. The number of ether oxygens (including phenoxy) is 2. The van der Waals surface area contributed by atoms with Crippen molar-refractivity contribution in [2.75, 3.05) is 45.8 Å². The van der Waals surface area contributed by atoms with E-state index in [2.05, 4.69) is 19.8 Å². The standard InChI is InChI=1S/C19H24N4O7S2/c1-20-31(25,26)16-5-3-4-14(10-16)12-21-18-17(11-15(13-22-18)19(24)29-2)32(27,28)23-6-8-30-9-7-23/h3-5,10-11,13,20H,6-9,12H2,1-2H3,(H,21,22). The van der Waals surface area contributed by atoms with Crippen molar-refractivity contribution in [3.8, 4) is 0 Å². The van der Waals surface area contributed by atoms with Gasteiger partial charge in [0.2, 0.25) is 20.0 Å². The average molecular weight is 485 g/mol. The molecule has 11 nitrogen and oxygen atoms in total. The summed E-state index contributed by atoms with van der Waals surface area (Å²) in [7, 11) is -5.10. The molecule has 1 saturated heterocycles. The second kappa shape index (κ2) is 9.92. The molecule has 0 unspecified atom stereocenters. The topological polar surface area (TPSA) is 144 Å². The number of sulfonamides is 2. The summed E-state index contributed by atoms with van der Waals surface area (Å²) >= 11 is 0. The van der Waals surface area contributed by atoms with E-state index in [0.717, 1.165) is 0 Å². The van der Waals surface area contributed by atoms with Gasteiger partial charge in [0.05, 0.1) is 30.8 Å². The van der Waals surface area contributed by atoms with E-state index in [1.807, 2.05) is 0 Å². The van der Waals surface area contributed by atoms with Crippen molar-refractivity contribution in [3.05, 3.63) is 47.7 Å². The van der Waals surface area contributed by atoms with Gasteiger partial charge in [0.25, 0.3) is 0 Å². The number of carbonyl (C=O) groups excluding carboxylic acids is 1. The van der Waals surface area contributed by atoms with E-state index in [4.69, 9.17) is 4.74 Å². The zero-order valence-corrected chi connectivity index (χ0v) is 19.2. The molecule has 0 atom stereocenters. The molecule has 13 heteroatoms. The fourth-order valence-corrected chi connectivity index (χ4v) is 5.41. The van der Waals surface area contributed by atoms with E-state index >= 15 is 0 Å². The van der Waals surface area contributed by atoms with Gasteiger partial charge in [0.1, 0.15) is 10.7 Å². The van der Waals surface area contributed by atoms with Crippen molar-refractivity contribution >= 4 is 31.8 Å². The number of nitrogens with zero attached hydrogens (tertiary/aromatic N) is 2. The monoisotopic (exact) mass is 484 g/mol. The third kappa shape index (κ3) is 5.24. The van der Waals surface area contributed by atoms with Crippen molar-refractivity contribution in [1.29, 1.82) is 0 Å². The number of nitrogens with one attached hydrogen (secondary N) is 2. The Balaban J connectivity index is 1.94. The molecule has 2 aromatic rings. The van der Waals surface area contributed by atoms with Crippen LogP contribution in [0.1, 0.15) is 15.9 Å². The summed E-state index contributed by atoms with van der Waals surface area (Å²) < 4.78 is 64.0. The number of benzene rings is 1. The van der Waals surface area contributed by atoms with Gasteiger partial charge in [-0.2, -0.15) is 4.31 Å². The van der Waals surface area contributed by atoms with E-state index in [1.54, 1.807) is 12.1 Å². The van der Waals surface area contributed by atoms with Gasteiger partial charge in [-0.1, -0.05) is 12.1 Å². The number of methoxy groups -OCH3 is 1. The molecule has 1 aromatic carbocycles. The third-order valence-electron chi connectivity index (χ3n) is 4.80. The SMILES string of the molecule is CNS(=O)(=O)c1cccc(CNc2ncc(C(=O)OC)cc2S(=O)(=O)N2CCOCC2)c1. The lowest BCUT2D eigenvalue weighted by atomic mass is 10.2. The van der Waals surface area contributed by atoms with E-state index in [1.165, 1.54) is 42.9 Å². The molecule has 1 aliphatic rings. The Labute approximate surface area is 186 Å². The van der Waals surface area contributed by atoms with Crippen LogP contribution in [0.2, 0.25) is 0 Å². The smallest absolute Gasteiger partial charge is 0.339 e. The zero-order valence-electron chi connectivity index (χ0n) is 17.6. The maximum Gasteiger partial charge on any atom is 0.339 e. The first-order valence-corrected chi connectivity index (χ1v) is 12.5. The van der Waals surface area contributed by atoms with Crippen LogP contribution in [0.25, 0.3) is 0 Å². The molecular weight excluding hydrogens is 460 g/mol. The Hall–Kier alpha value is -2.58. The maximum atomic E-state index is 13.3. The predicted molar refractivity (Wildman–Crippen MR) is 115 cm³/mol. The maximum absolute atomic E-state index is 13.3. The first-order valence-electron chi connectivity index (χ1n) is 9.61. The lowest BCUT2D eigenvalue weighted by Crippen LogP contribution is -2.41. The normalized spacial score (nSPS) is 15.3. The fourth-order valence-electron chi connectivity index (χ4n) is 3.06. The Bertz CT molecular complexity index is 1190. The number of pyridine rings is 1. The first-order chi connectivity index (χ1) is 15.2. The van der Waals surface area contributed by atoms with E-state index in [0.29, 0.717) is 5.56 Å². The van der Waals surface area contributed by atoms with E-state index in [-0.39, 0.29) is 54.0 Å². The van der Waals surface area contributed by atoms with Crippen LogP contribution in [0.3, 0.4) is 0 Å². The van der Waals surface area contributed by atoms with Gasteiger partial charge in [0.15, 0.2) is 0 Å². The van der Waals surface area contributed by atoms with Gasteiger partial charge in [-0.25, -0.2) is 31.3 Å². The number of carbonyl (C=O) groups is 1. The second-order valence-corrected chi connectivity index (χ2v) is 10.6. The largest absolute Gasteiger partial charge is 0.465 e. The minimum atomic E-state index is -3.98. The molecule has 0 bridgehead atoms. The van der Waals surface area contributed by atoms with E-state index in [9.17, 15) is 21.6 Å². The predicted octanol–water partition coefficient (Wildman–Crippen LogP) is 0.409. The molecule has 0 amide bonds. The summed E-state index contributed by atoms with van der Waals surface area (Å²) in [6, 6.07) is 7.42. The summed E-state index contributed by atoms with van der Waals surface area (Å²) in [4.78, 5) is 16.0. The molecule has 0 saturated carbocycles. The highest BCUT2D eigenvalue weighted by molar-refractivity contribution is 7.89. The van der Waals surface area contributed by atoms with Gasteiger partial charge in [-0.05, 0) is 30.8 Å². The number of rotatable bonds is 8. The van der Waals surface area contributed by atoms with Gasteiger partial charge in [0, 0.05) is 25.8 Å². The zero-order chi connectivity index (χ0) is 23.4. The number of morpholine rings is 1. The van der Waals surface area contributed by atoms with Crippen LogP contribution in [0.4, 0.5) is 5.82 Å². The van der Waals surface area contributed by atoms with Crippen molar-refractivity contribution < 1.29 is 31.1 Å². The highest BCUT2D eigenvalue weighted by Crippen LogP contribution is 2.26. The molecule has 2 heterocycles. The molecule has 1 aromatic heterocycles. The summed E-state index contributed by atoms with van der Waals surface area (Å²) in [5.41, 5.74) is 0.585. The minimum Gasteiger partial charge on any atom is -0.465 e. The molecular formula is C19H24N4O7S2. The van der Waals surface area contributed by atoms with Gasteiger partial charge >= 0.3 is 5.97 Å². The van der Waals surface area contributed by atoms with Crippen LogP contribution in [0, 0.1) is 0 Å². The van der Waals surface area contributed by atoms with E-state index < -0.39 is 26.0 Å². The summed E-state index contributed by atoms with van der Waals surface area (Å²) in [5.74, 6) is -0.682. The van der Waals surface area contributed by atoms with Gasteiger partial charge in [-0.15, -0.1) is 0 Å². The lowest BCUT2D eigenvalue weighted by Gasteiger charge is -2.27. The van der Waals surface area contributed by atoms with Gasteiger partial charge in [-0.3, -0.25) is 0 Å². The molecule has 1 aliphatic heterocycles. The summed E-state index contributed by atoms with van der Waals surface area (Å²) in [6.07, 6.45) is 1.22. The molecule has 0 radical (unpaired) electrons. The van der Waals surface area contributed by atoms with Crippen molar-refractivity contribution in [3.63, 3.8) is 0 Å². The van der Waals surface area contributed by atoms with Crippen LogP contribution < -0.4 is 10.0 Å². The first kappa shape index (κ1) is 24.1. The number of aromatic nitrogens is 1. The second-order valence-electron chi connectivity index (χ2n) is 6.79. The number of esters is 1. The molecule has 3 rings (SSSR count). The van der Waals surface area contributed by atoms with Crippen LogP contribution in [-0.4, -0.2) is 72.6 Å². The Morgan fingerprint density at radius 2 is 1.91 bits per heavy atom. The Kier molecular flexibility index (Phi) is 7.46. The van der Waals surface area contributed by atoms with Crippen molar-refractivity contribution in [1.82, 2.24) is 14.0 Å². The molecule has 1 fully saturated rings. The Morgan fingerprint density at radius 3 is 2.56 bits per heavy atom. The van der Waals surface area contributed by atoms with Crippen LogP contribution >= 0.6 is 0 Å². The van der Waals surface area contributed by atoms with Crippen LogP contribution in [-0.2, 0) is 36.1 Å². The molecule has 0 aliphatic carbocycles. The average Bonchev–Trinajstić information content (AvgIpc) is 2.82. The molecule has 2 N–H and O–H groups in total. The highest BCUT2D eigenvalue weighted by atomic mass is 32.2. The molecule has 32 heavy (non-hydrogen) atoms. The quantitative estimate of drug-likeness (QED) is 0.509.